The molecular weight excluding hydrogens is 251 g/mol. The molecule has 8 heteroatoms. The summed E-state index contributed by atoms with van der Waals surface area (Å²) in [5, 5.41) is 9.66. The molecule has 0 unspecified atom stereocenters. The van der Waals surface area contributed by atoms with Gasteiger partial charge in [-0.3, -0.25) is 4.98 Å². The minimum atomic E-state index is -4.12. The molecule has 0 radical (unpaired) electrons. The molecule has 0 aliphatic rings. The van der Waals surface area contributed by atoms with E-state index in [9.17, 15) is 9.67 Å². The van der Waals surface area contributed by atoms with E-state index in [1.807, 2.05) is 0 Å². The second kappa shape index (κ2) is 5.16. The van der Waals surface area contributed by atoms with E-state index >= 15 is 0 Å². The molecule has 0 fully saturated rings. The number of hydrogen-bond acceptors (Lipinski definition) is 5. The monoisotopic (exact) mass is 264 g/mol. The van der Waals surface area contributed by atoms with Crippen molar-refractivity contribution in [3.63, 3.8) is 0 Å². The van der Waals surface area contributed by atoms with Crippen LogP contribution >= 0.6 is 18.2 Å². The van der Waals surface area contributed by atoms with Crippen LogP contribution < -0.4 is 5.73 Å². The van der Waals surface area contributed by atoms with Crippen LogP contribution in [0.1, 0.15) is 16.8 Å². The van der Waals surface area contributed by atoms with Gasteiger partial charge in [0, 0.05) is 24.1 Å². The number of rotatable bonds is 4. The summed E-state index contributed by atoms with van der Waals surface area (Å²) < 4.78 is 10.7. The van der Waals surface area contributed by atoms with Crippen molar-refractivity contribution in [2.45, 2.75) is 19.2 Å². The second-order valence-corrected chi connectivity index (χ2v) is 6.89. The lowest BCUT2D eigenvalue weighted by atomic mass is 10.1. The lowest BCUT2D eigenvalue weighted by molar-refractivity contribution is 0.397. The number of nitrogens with zero attached hydrogens (tertiary/aromatic N) is 1. The standard InChI is InChI=1S/C8H13N2O4PS/c1-5-8(11)7(2-9)6(3-10-5)4-16-15(12,13)14/h3,11H,2,4,9H2,1H3,(H2,12,13,14). The van der Waals surface area contributed by atoms with Crippen molar-refractivity contribution in [2.24, 2.45) is 5.73 Å². The van der Waals surface area contributed by atoms with Crippen LogP contribution in [0.5, 0.6) is 5.75 Å². The molecule has 0 aromatic carbocycles. The molecule has 5 N–H and O–H groups in total. The molecule has 1 heterocycles. The number of aromatic nitrogens is 1. The van der Waals surface area contributed by atoms with E-state index in [1.165, 1.54) is 6.20 Å². The van der Waals surface area contributed by atoms with Crippen molar-refractivity contribution in [1.29, 1.82) is 0 Å². The maximum atomic E-state index is 10.7. The maximum absolute atomic E-state index is 10.7. The van der Waals surface area contributed by atoms with E-state index in [2.05, 4.69) is 4.98 Å². The van der Waals surface area contributed by atoms with Gasteiger partial charge in [0.2, 0.25) is 0 Å². The molecule has 90 valence electrons. The Balaban J connectivity index is 2.97. The summed E-state index contributed by atoms with van der Waals surface area (Å²) in [5.74, 6) is 0.0591. The third kappa shape index (κ3) is 3.47. The van der Waals surface area contributed by atoms with E-state index in [0.717, 1.165) is 0 Å². The number of pyridine rings is 1. The summed E-state index contributed by atoms with van der Waals surface area (Å²) in [6, 6.07) is 0. The molecule has 1 rings (SSSR count). The van der Waals surface area contributed by atoms with Crippen molar-refractivity contribution >= 4 is 18.2 Å². The Hall–Kier alpha value is -0.590. The fourth-order valence-electron chi connectivity index (χ4n) is 1.19. The van der Waals surface area contributed by atoms with Gasteiger partial charge in [-0.05, 0) is 23.9 Å². The zero-order valence-electron chi connectivity index (χ0n) is 8.62. The largest absolute Gasteiger partial charge is 0.506 e. The summed E-state index contributed by atoms with van der Waals surface area (Å²) in [6.45, 7) is -2.39. The minimum Gasteiger partial charge on any atom is -0.506 e. The maximum Gasteiger partial charge on any atom is 0.384 e. The second-order valence-electron chi connectivity index (χ2n) is 3.16. The van der Waals surface area contributed by atoms with E-state index in [0.29, 0.717) is 28.2 Å². The predicted octanol–water partition coefficient (Wildman–Crippen LogP) is 0.880. The highest BCUT2D eigenvalue weighted by Gasteiger charge is 2.17. The number of nitrogens with two attached hydrogens (primary N) is 1. The van der Waals surface area contributed by atoms with Gasteiger partial charge < -0.3 is 20.6 Å². The van der Waals surface area contributed by atoms with Gasteiger partial charge in [-0.2, -0.15) is 0 Å². The first-order valence-corrected chi connectivity index (χ1v) is 7.62. The van der Waals surface area contributed by atoms with Gasteiger partial charge in [0.1, 0.15) is 5.75 Å². The third-order valence-electron chi connectivity index (χ3n) is 2.02. The first-order valence-electron chi connectivity index (χ1n) is 4.41. The van der Waals surface area contributed by atoms with Gasteiger partial charge in [0.15, 0.2) is 0 Å². The third-order valence-corrected chi connectivity index (χ3v) is 4.20. The van der Waals surface area contributed by atoms with E-state index in [1.54, 1.807) is 6.92 Å². The molecule has 1 aromatic rings. The summed E-state index contributed by atoms with van der Waals surface area (Å²) >= 11 is 0.491. The minimum absolute atomic E-state index is 0.00804. The Bertz CT molecular complexity index is 434. The molecule has 0 bridgehead atoms. The van der Waals surface area contributed by atoms with Gasteiger partial charge in [-0.15, -0.1) is 0 Å². The Kier molecular flexibility index (Phi) is 4.35. The fourth-order valence-corrected chi connectivity index (χ4v) is 2.67. The van der Waals surface area contributed by atoms with Crippen molar-refractivity contribution in [2.75, 3.05) is 0 Å². The highest BCUT2D eigenvalue weighted by atomic mass is 32.7. The Morgan fingerprint density at radius 1 is 1.56 bits per heavy atom. The SMILES string of the molecule is Cc1ncc(CSP(=O)(O)O)c(CN)c1O. The van der Waals surface area contributed by atoms with Crippen molar-refractivity contribution in [3.8, 4) is 5.75 Å². The van der Waals surface area contributed by atoms with Crippen LogP contribution in [0.15, 0.2) is 6.20 Å². The molecule has 0 aliphatic carbocycles. The summed E-state index contributed by atoms with van der Waals surface area (Å²) in [5.41, 5.74) is 6.94. The van der Waals surface area contributed by atoms with E-state index < -0.39 is 6.80 Å². The van der Waals surface area contributed by atoms with Gasteiger partial charge >= 0.3 is 6.80 Å². The quantitative estimate of drug-likeness (QED) is 0.596. The molecular formula is C8H13N2O4PS. The molecule has 1 aromatic heterocycles. The number of aryl methyl sites for hydroxylation is 1. The number of aromatic hydroxyl groups is 1. The smallest absolute Gasteiger partial charge is 0.384 e. The molecule has 0 spiro atoms. The first-order chi connectivity index (χ1) is 7.35. The Morgan fingerprint density at radius 2 is 2.19 bits per heavy atom. The molecule has 0 saturated carbocycles. The van der Waals surface area contributed by atoms with Gasteiger partial charge in [-0.1, -0.05) is 0 Å². The zero-order chi connectivity index (χ0) is 12.3. The fraction of sp³-hybridized carbons (Fsp3) is 0.375. The van der Waals surface area contributed by atoms with E-state index in [-0.39, 0.29) is 18.0 Å². The Morgan fingerprint density at radius 3 is 2.69 bits per heavy atom. The van der Waals surface area contributed by atoms with Crippen LogP contribution in [0.2, 0.25) is 0 Å². The topological polar surface area (TPSA) is 117 Å². The van der Waals surface area contributed by atoms with Crippen molar-refractivity contribution in [1.82, 2.24) is 4.98 Å². The number of hydrogen-bond donors (Lipinski definition) is 4. The van der Waals surface area contributed by atoms with Crippen LogP contribution in [0.4, 0.5) is 0 Å². The van der Waals surface area contributed by atoms with Crippen LogP contribution in [0.3, 0.4) is 0 Å². The average Bonchev–Trinajstić information content (AvgIpc) is 2.18. The normalized spacial score (nSPS) is 11.8. The molecule has 0 aliphatic heterocycles. The average molecular weight is 264 g/mol. The highest BCUT2D eigenvalue weighted by Crippen LogP contribution is 2.52. The lowest BCUT2D eigenvalue weighted by Crippen LogP contribution is -2.03. The summed E-state index contributed by atoms with van der Waals surface area (Å²) in [7, 11) is 0. The molecule has 0 atom stereocenters. The van der Waals surface area contributed by atoms with Crippen LogP contribution in [-0.2, 0) is 16.9 Å². The molecule has 6 nitrogen and oxygen atoms in total. The van der Waals surface area contributed by atoms with Crippen molar-refractivity contribution < 1.29 is 19.5 Å². The van der Waals surface area contributed by atoms with E-state index in [4.69, 9.17) is 15.5 Å². The van der Waals surface area contributed by atoms with Crippen LogP contribution in [0.25, 0.3) is 0 Å². The first kappa shape index (κ1) is 13.5. The van der Waals surface area contributed by atoms with Gasteiger partial charge in [0.25, 0.3) is 0 Å². The highest BCUT2D eigenvalue weighted by molar-refractivity contribution is 8.54. The van der Waals surface area contributed by atoms with Crippen molar-refractivity contribution in [3.05, 3.63) is 23.0 Å². The van der Waals surface area contributed by atoms with Crippen LogP contribution in [0, 0.1) is 6.92 Å². The van der Waals surface area contributed by atoms with Crippen LogP contribution in [-0.4, -0.2) is 19.9 Å². The summed E-state index contributed by atoms with van der Waals surface area (Å²) in [6.07, 6.45) is 1.47. The zero-order valence-corrected chi connectivity index (χ0v) is 10.3. The Labute approximate surface area is 96.8 Å². The summed E-state index contributed by atoms with van der Waals surface area (Å²) in [4.78, 5) is 21.4. The lowest BCUT2D eigenvalue weighted by Gasteiger charge is -2.11. The molecule has 0 amide bonds. The van der Waals surface area contributed by atoms with Gasteiger partial charge in [-0.25, -0.2) is 4.57 Å². The molecule has 0 saturated heterocycles. The predicted molar refractivity (Wildman–Crippen MR) is 61.9 cm³/mol. The molecule has 16 heavy (non-hydrogen) atoms. The van der Waals surface area contributed by atoms with Gasteiger partial charge in [0.05, 0.1) is 5.69 Å².